The number of hydrogen-bond acceptors (Lipinski definition) is 8. The van der Waals surface area contributed by atoms with Crippen LogP contribution in [0.2, 0.25) is 0 Å². The van der Waals surface area contributed by atoms with E-state index in [1.165, 1.54) is 45.6 Å². The summed E-state index contributed by atoms with van der Waals surface area (Å²) in [5.74, 6) is 1.40. The van der Waals surface area contributed by atoms with E-state index in [1.54, 1.807) is 36.4 Å². The number of amides is 1. The number of hydrogen-bond donors (Lipinski definition) is 1. The Bertz CT molecular complexity index is 1300. The van der Waals surface area contributed by atoms with E-state index in [-0.39, 0.29) is 18.3 Å². The number of nitrogens with one attached hydrogen (secondary N) is 1. The standard InChI is InChI=1S/C25H22FN3O6/c1-31-20-12-15(13-21(32-2)23(20)33-3)24-28-25(35-29-24)18-6-4-5-7-19(18)27-22(30)14-34-17-10-8-16(26)9-11-17/h4-13H,14H2,1-3H3,(H,27,30). The fourth-order valence-electron chi connectivity index (χ4n) is 3.30. The zero-order chi connectivity index (χ0) is 24.8. The fourth-order valence-corrected chi connectivity index (χ4v) is 3.30. The number of aromatic nitrogens is 2. The molecule has 9 nitrogen and oxygen atoms in total. The van der Waals surface area contributed by atoms with Gasteiger partial charge in [-0.25, -0.2) is 4.39 Å². The van der Waals surface area contributed by atoms with Crippen LogP contribution in [0.5, 0.6) is 23.0 Å². The van der Waals surface area contributed by atoms with Crippen molar-refractivity contribution in [2.75, 3.05) is 33.3 Å². The first-order valence-electron chi connectivity index (χ1n) is 10.4. The summed E-state index contributed by atoms with van der Waals surface area (Å²) in [6.07, 6.45) is 0. The van der Waals surface area contributed by atoms with Crippen LogP contribution in [0.25, 0.3) is 22.8 Å². The van der Waals surface area contributed by atoms with E-state index in [2.05, 4.69) is 15.5 Å². The van der Waals surface area contributed by atoms with Crippen LogP contribution in [-0.2, 0) is 4.79 Å². The van der Waals surface area contributed by atoms with Crippen LogP contribution in [0.1, 0.15) is 0 Å². The number of ether oxygens (including phenoxy) is 4. The number of benzene rings is 3. The van der Waals surface area contributed by atoms with Crippen molar-refractivity contribution in [3.8, 4) is 45.8 Å². The largest absolute Gasteiger partial charge is 0.493 e. The number of methoxy groups -OCH3 is 3. The van der Waals surface area contributed by atoms with Gasteiger partial charge in [0, 0.05) is 5.56 Å². The van der Waals surface area contributed by atoms with Crippen molar-refractivity contribution in [1.29, 1.82) is 0 Å². The molecule has 180 valence electrons. The number of rotatable bonds is 9. The monoisotopic (exact) mass is 479 g/mol. The van der Waals surface area contributed by atoms with Gasteiger partial charge in [0.2, 0.25) is 11.6 Å². The SMILES string of the molecule is COc1cc(-c2noc(-c3ccccc3NC(=O)COc3ccc(F)cc3)n2)cc(OC)c1OC. The van der Waals surface area contributed by atoms with E-state index in [9.17, 15) is 9.18 Å². The summed E-state index contributed by atoms with van der Waals surface area (Å²) in [5.41, 5.74) is 1.57. The van der Waals surface area contributed by atoms with E-state index < -0.39 is 5.91 Å². The minimum atomic E-state index is -0.411. The number of carbonyl (C=O) groups excluding carboxylic acids is 1. The maximum atomic E-state index is 13.0. The van der Waals surface area contributed by atoms with Crippen LogP contribution in [0, 0.1) is 5.82 Å². The molecule has 1 heterocycles. The molecule has 0 bridgehead atoms. The number of carbonyl (C=O) groups is 1. The fraction of sp³-hybridized carbons (Fsp3) is 0.160. The summed E-state index contributed by atoms with van der Waals surface area (Å²) in [5, 5.41) is 6.84. The average Bonchev–Trinajstić information content (AvgIpc) is 3.38. The van der Waals surface area contributed by atoms with E-state index in [0.29, 0.717) is 45.6 Å². The normalized spacial score (nSPS) is 10.5. The van der Waals surface area contributed by atoms with E-state index in [4.69, 9.17) is 23.5 Å². The molecule has 35 heavy (non-hydrogen) atoms. The minimum Gasteiger partial charge on any atom is -0.493 e. The summed E-state index contributed by atoms with van der Waals surface area (Å²) >= 11 is 0. The Kier molecular flexibility index (Phi) is 7.10. The zero-order valence-corrected chi connectivity index (χ0v) is 19.2. The van der Waals surface area contributed by atoms with Gasteiger partial charge in [-0.05, 0) is 48.5 Å². The molecule has 0 aliphatic rings. The summed E-state index contributed by atoms with van der Waals surface area (Å²) in [7, 11) is 4.55. The van der Waals surface area contributed by atoms with Gasteiger partial charge in [0.25, 0.3) is 11.8 Å². The second-order valence-electron chi connectivity index (χ2n) is 7.17. The zero-order valence-electron chi connectivity index (χ0n) is 19.2. The Labute approximate surface area is 200 Å². The van der Waals surface area contributed by atoms with Crippen molar-refractivity contribution in [2.24, 2.45) is 0 Å². The van der Waals surface area contributed by atoms with E-state index in [0.717, 1.165) is 0 Å². The topological polar surface area (TPSA) is 105 Å². The van der Waals surface area contributed by atoms with Gasteiger partial charge in [0.05, 0.1) is 32.6 Å². The summed E-state index contributed by atoms with van der Waals surface area (Å²) in [4.78, 5) is 16.9. The van der Waals surface area contributed by atoms with Crippen molar-refractivity contribution in [2.45, 2.75) is 0 Å². The van der Waals surface area contributed by atoms with Crippen molar-refractivity contribution in [3.63, 3.8) is 0 Å². The molecule has 0 aliphatic carbocycles. The van der Waals surface area contributed by atoms with E-state index in [1.807, 2.05) is 0 Å². The van der Waals surface area contributed by atoms with Crippen LogP contribution in [0.4, 0.5) is 10.1 Å². The predicted molar refractivity (Wildman–Crippen MR) is 125 cm³/mol. The van der Waals surface area contributed by atoms with Crippen molar-refractivity contribution in [3.05, 3.63) is 66.5 Å². The van der Waals surface area contributed by atoms with Crippen LogP contribution < -0.4 is 24.3 Å². The Hall–Kier alpha value is -4.60. The molecule has 1 N–H and O–H groups in total. The number of para-hydroxylation sites is 1. The Balaban J connectivity index is 1.54. The Morgan fingerprint density at radius 1 is 0.971 bits per heavy atom. The quantitative estimate of drug-likeness (QED) is 0.372. The van der Waals surface area contributed by atoms with Crippen LogP contribution in [-0.4, -0.2) is 44.0 Å². The molecule has 1 aromatic heterocycles. The maximum absolute atomic E-state index is 13.0. The molecule has 0 saturated heterocycles. The first-order chi connectivity index (χ1) is 17.0. The van der Waals surface area contributed by atoms with Crippen molar-refractivity contribution < 1.29 is 32.7 Å². The molecule has 0 saturated carbocycles. The molecule has 0 aliphatic heterocycles. The third-order valence-electron chi connectivity index (χ3n) is 4.96. The molecule has 0 spiro atoms. The summed E-state index contributed by atoms with van der Waals surface area (Å²) < 4.78 is 40.0. The second kappa shape index (κ2) is 10.6. The van der Waals surface area contributed by atoms with Gasteiger partial charge in [-0.3, -0.25) is 4.79 Å². The molecule has 0 unspecified atom stereocenters. The van der Waals surface area contributed by atoms with Gasteiger partial charge in [0.15, 0.2) is 18.1 Å². The van der Waals surface area contributed by atoms with Crippen LogP contribution >= 0.6 is 0 Å². The predicted octanol–water partition coefficient (Wildman–Crippen LogP) is 4.59. The minimum absolute atomic E-state index is 0.198. The number of halogens is 1. The Morgan fingerprint density at radius 2 is 1.66 bits per heavy atom. The third-order valence-corrected chi connectivity index (χ3v) is 4.96. The smallest absolute Gasteiger partial charge is 0.262 e. The molecule has 10 heteroatoms. The van der Waals surface area contributed by atoms with E-state index >= 15 is 0 Å². The molecule has 4 aromatic rings. The highest BCUT2D eigenvalue weighted by atomic mass is 19.1. The maximum Gasteiger partial charge on any atom is 0.262 e. The van der Waals surface area contributed by atoms with Gasteiger partial charge < -0.3 is 28.8 Å². The van der Waals surface area contributed by atoms with Crippen LogP contribution in [0.3, 0.4) is 0 Å². The Morgan fingerprint density at radius 3 is 2.31 bits per heavy atom. The van der Waals surface area contributed by atoms with Gasteiger partial charge in [-0.2, -0.15) is 4.98 Å². The van der Waals surface area contributed by atoms with Gasteiger partial charge in [-0.15, -0.1) is 0 Å². The highest BCUT2D eigenvalue weighted by Crippen LogP contribution is 2.41. The highest BCUT2D eigenvalue weighted by molar-refractivity contribution is 5.95. The summed E-state index contributed by atoms with van der Waals surface area (Å²) in [6.45, 7) is -0.263. The lowest BCUT2D eigenvalue weighted by Gasteiger charge is -2.12. The first-order valence-corrected chi connectivity index (χ1v) is 10.4. The highest BCUT2D eigenvalue weighted by Gasteiger charge is 2.19. The average molecular weight is 479 g/mol. The molecule has 1 amide bonds. The van der Waals surface area contributed by atoms with Crippen molar-refractivity contribution >= 4 is 11.6 Å². The van der Waals surface area contributed by atoms with Gasteiger partial charge in [-0.1, -0.05) is 17.3 Å². The molecular formula is C25H22FN3O6. The lowest BCUT2D eigenvalue weighted by atomic mass is 10.1. The number of nitrogens with zero attached hydrogens (tertiary/aromatic N) is 2. The first kappa shape index (κ1) is 23.6. The molecule has 4 rings (SSSR count). The van der Waals surface area contributed by atoms with Gasteiger partial charge >= 0.3 is 0 Å². The molecule has 0 atom stereocenters. The molecule has 3 aromatic carbocycles. The summed E-state index contributed by atoms with van der Waals surface area (Å²) in [6, 6.07) is 15.8. The van der Waals surface area contributed by atoms with Crippen molar-refractivity contribution in [1.82, 2.24) is 10.1 Å². The third kappa shape index (κ3) is 5.32. The lowest BCUT2D eigenvalue weighted by molar-refractivity contribution is -0.118. The van der Waals surface area contributed by atoms with Gasteiger partial charge in [0.1, 0.15) is 11.6 Å². The lowest BCUT2D eigenvalue weighted by Crippen LogP contribution is -2.20. The second-order valence-corrected chi connectivity index (χ2v) is 7.17. The molecule has 0 radical (unpaired) electrons. The molecule has 0 fully saturated rings. The number of anilines is 1. The molecular weight excluding hydrogens is 457 g/mol. The van der Waals surface area contributed by atoms with Crippen LogP contribution in [0.15, 0.2) is 65.2 Å².